The van der Waals surface area contributed by atoms with Crippen LogP contribution in [-0.4, -0.2) is 53.8 Å². The van der Waals surface area contributed by atoms with Gasteiger partial charge >= 0.3 is 12.1 Å². The molecule has 0 aliphatic carbocycles. The first kappa shape index (κ1) is 25.9. The number of carboxylic acids is 1. The maximum atomic E-state index is 12.5. The van der Waals surface area contributed by atoms with Crippen molar-refractivity contribution in [3.8, 4) is 6.07 Å². The van der Waals surface area contributed by atoms with E-state index in [-0.39, 0.29) is 6.09 Å². The third-order valence-corrected chi connectivity index (χ3v) is 5.86. The van der Waals surface area contributed by atoms with Crippen molar-refractivity contribution in [2.24, 2.45) is 0 Å². The van der Waals surface area contributed by atoms with Gasteiger partial charge in [-0.2, -0.15) is 5.26 Å². The van der Waals surface area contributed by atoms with Crippen LogP contribution in [-0.2, 0) is 9.53 Å². The fourth-order valence-electron chi connectivity index (χ4n) is 4.11. The molecule has 2 N–H and O–H groups in total. The van der Waals surface area contributed by atoms with Crippen LogP contribution in [0.4, 0.5) is 21.9 Å². The summed E-state index contributed by atoms with van der Waals surface area (Å²) in [6, 6.07) is 15.0. The third-order valence-electron chi connectivity index (χ3n) is 5.86. The number of piperazine rings is 1. The zero-order valence-corrected chi connectivity index (χ0v) is 20.9. The van der Waals surface area contributed by atoms with Gasteiger partial charge in [-0.15, -0.1) is 0 Å². The van der Waals surface area contributed by atoms with Crippen LogP contribution in [0.1, 0.15) is 57.6 Å². The second kappa shape index (κ2) is 11.1. The molecule has 0 aromatic heterocycles. The predicted molar refractivity (Wildman–Crippen MR) is 136 cm³/mol. The number of nitrogens with zero attached hydrogens (tertiary/aromatic N) is 3. The number of carbonyl (C=O) groups is 2. The summed E-state index contributed by atoms with van der Waals surface area (Å²) >= 11 is 0. The van der Waals surface area contributed by atoms with Gasteiger partial charge in [-0.25, -0.2) is 4.79 Å². The molecule has 0 radical (unpaired) electrons. The molecule has 8 heteroatoms. The van der Waals surface area contributed by atoms with Gasteiger partial charge in [-0.1, -0.05) is 19.4 Å². The highest BCUT2D eigenvalue weighted by molar-refractivity contribution is 5.81. The summed E-state index contributed by atoms with van der Waals surface area (Å²) in [7, 11) is 0. The largest absolute Gasteiger partial charge is 0.481 e. The number of nitrogens with one attached hydrogen (secondary N) is 1. The van der Waals surface area contributed by atoms with Crippen molar-refractivity contribution in [1.29, 1.82) is 5.26 Å². The highest BCUT2D eigenvalue weighted by Gasteiger charge is 2.27. The molecular formula is C27H34N4O4. The van der Waals surface area contributed by atoms with Crippen molar-refractivity contribution < 1.29 is 19.4 Å². The average Bonchev–Trinajstić information content (AvgIpc) is 2.82. The number of aliphatic carboxylic acids is 1. The molecule has 8 nitrogen and oxygen atoms in total. The number of carbonyl (C=O) groups excluding carboxylic acids is 1. The molecule has 1 atom stereocenters. The van der Waals surface area contributed by atoms with E-state index < -0.39 is 17.5 Å². The molecule has 0 bridgehead atoms. The standard InChI is InChI=1S/C27H34N4O4/c1-5-6-22(25(32)33)20-9-12-24(23(17-20)29-21-10-7-19(18-28)8-11-21)30-13-15-31(16-14-30)26(34)35-27(2,3)4/h7-12,17,22,29H,5-6,13-16H2,1-4H3,(H,32,33). The van der Waals surface area contributed by atoms with Crippen molar-refractivity contribution in [2.45, 2.75) is 52.1 Å². The van der Waals surface area contributed by atoms with Gasteiger partial charge in [0.1, 0.15) is 5.60 Å². The first-order valence-corrected chi connectivity index (χ1v) is 12.0. The summed E-state index contributed by atoms with van der Waals surface area (Å²) in [5.41, 5.74) is 3.30. The lowest BCUT2D eigenvalue weighted by Crippen LogP contribution is -2.50. The Morgan fingerprint density at radius 3 is 2.31 bits per heavy atom. The second-order valence-electron chi connectivity index (χ2n) is 9.72. The van der Waals surface area contributed by atoms with Crippen LogP contribution in [0.15, 0.2) is 42.5 Å². The molecule has 0 spiro atoms. The molecule has 1 heterocycles. The smallest absolute Gasteiger partial charge is 0.410 e. The molecule has 2 aromatic rings. The first-order chi connectivity index (χ1) is 16.6. The molecular weight excluding hydrogens is 444 g/mol. The quantitative estimate of drug-likeness (QED) is 0.554. The lowest BCUT2D eigenvalue weighted by Gasteiger charge is -2.37. The topological polar surface area (TPSA) is 106 Å². The molecule has 0 saturated carbocycles. The Balaban J connectivity index is 1.86. The van der Waals surface area contributed by atoms with Crippen LogP contribution in [0, 0.1) is 11.3 Å². The van der Waals surface area contributed by atoms with Gasteiger partial charge in [0.25, 0.3) is 0 Å². The highest BCUT2D eigenvalue weighted by Crippen LogP contribution is 2.34. The van der Waals surface area contributed by atoms with E-state index in [4.69, 9.17) is 10.00 Å². The minimum Gasteiger partial charge on any atom is -0.481 e. The Labute approximate surface area is 207 Å². The Hall–Kier alpha value is -3.73. The molecule has 3 rings (SSSR count). The SMILES string of the molecule is CCCC(C(=O)O)c1ccc(N2CCN(C(=O)OC(C)(C)C)CC2)c(Nc2ccc(C#N)cc2)c1. The molecule has 1 amide bonds. The zero-order chi connectivity index (χ0) is 25.6. The van der Waals surface area contributed by atoms with Gasteiger partial charge in [0.2, 0.25) is 0 Å². The molecule has 186 valence electrons. The van der Waals surface area contributed by atoms with E-state index in [9.17, 15) is 14.7 Å². The van der Waals surface area contributed by atoms with Crippen LogP contribution in [0.25, 0.3) is 0 Å². The van der Waals surface area contributed by atoms with Crippen molar-refractivity contribution in [1.82, 2.24) is 4.90 Å². The van der Waals surface area contributed by atoms with Crippen molar-refractivity contribution in [2.75, 3.05) is 36.4 Å². The number of hydrogen-bond donors (Lipinski definition) is 2. The number of nitriles is 1. The van der Waals surface area contributed by atoms with Crippen LogP contribution in [0.3, 0.4) is 0 Å². The van der Waals surface area contributed by atoms with Crippen molar-refractivity contribution in [3.63, 3.8) is 0 Å². The number of benzene rings is 2. The van der Waals surface area contributed by atoms with E-state index >= 15 is 0 Å². The van der Waals surface area contributed by atoms with Crippen LogP contribution < -0.4 is 10.2 Å². The molecule has 1 aliphatic heterocycles. The Bertz CT molecular complexity index is 1080. The Kier molecular flexibility index (Phi) is 8.23. The van der Waals surface area contributed by atoms with E-state index in [0.717, 1.165) is 29.0 Å². The molecule has 1 saturated heterocycles. The molecule has 35 heavy (non-hydrogen) atoms. The number of carboxylic acid groups (broad SMARTS) is 1. The number of ether oxygens (including phenoxy) is 1. The summed E-state index contributed by atoms with van der Waals surface area (Å²) in [6.45, 7) is 9.84. The number of rotatable bonds is 7. The minimum atomic E-state index is -0.838. The highest BCUT2D eigenvalue weighted by atomic mass is 16.6. The van der Waals surface area contributed by atoms with Gasteiger partial charge in [0.05, 0.1) is 28.9 Å². The van der Waals surface area contributed by atoms with Crippen LogP contribution >= 0.6 is 0 Å². The minimum absolute atomic E-state index is 0.313. The van der Waals surface area contributed by atoms with Crippen LogP contribution in [0.2, 0.25) is 0 Å². The normalized spacial score (nSPS) is 14.7. The fraction of sp³-hybridized carbons (Fsp3) is 0.444. The third kappa shape index (κ3) is 6.89. The van der Waals surface area contributed by atoms with E-state index in [1.807, 2.05) is 58.0 Å². The van der Waals surface area contributed by atoms with E-state index in [1.54, 1.807) is 17.0 Å². The van der Waals surface area contributed by atoms with Crippen molar-refractivity contribution >= 4 is 29.1 Å². The summed E-state index contributed by atoms with van der Waals surface area (Å²) in [5, 5.41) is 22.3. The zero-order valence-electron chi connectivity index (χ0n) is 20.9. The first-order valence-electron chi connectivity index (χ1n) is 12.0. The Morgan fingerprint density at radius 2 is 1.77 bits per heavy atom. The number of hydrogen-bond acceptors (Lipinski definition) is 6. The maximum Gasteiger partial charge on any atom is 0.410 e. The average molecular weight is 479 g/mol. The maximum absolute atomic E-state index is 12.5. The lowest BCUT2D eigenvalue weighted by molar-refractivity contribution is -0.139. The summed E-state index contributed by atoms with van der Waals surface area (Å²) in [6.07, 6.45) is 1.01. The number of amides is 1. The van der Waals surface area contributed by atoms with Gasteiger partial charge in [0, 0.05) is 31.9 Å². The summed E-state index contributed by atoms with van der Waals surface area (Å²) in [5.74, 6) is -1.42. The molecule has 1 fully saturated rings. The van der Waals surface area contributed by atoms with Gasteiger partial charge < -0.3 is 25.0 Å². The number of anilines is 3. The van der Waals surface area contributed by atoms with Gasteiger partial charge in [0.15, 0.2) is 0 Å². The van der Waals surface area contributed by atoms with Crippen LogP contribution in [0.5, 0.6) is 0 Å². The summed E-state index contributed by atoms with van der Waals surface area (Å²) < 4.78 is 5.50. The van der Waals surface area contributed by atoms with E-state index in [0.29, 0.717) is 38.2 Å². The molecule has 1 aliphatic rings. The molecule has 1 unspecified atom stereocenters. The lowest BCUT2D eigenvalue weighted by atomic mass is 9.93. The molecule has 2 aromatic carbocycles. The Morgan fingerprint density at radius 1 is 1.11 bits per heavy atom. The summed E-state index contributed by atoms with van der Waals surface area (Å²) in [4.78, 5) is 28.3. The van der Waals surface area contributed by atoms with Crippen molar-refractivity contribution in [3.05, 3.63) is 53.6 Å². The van der Waals surface area contributed by atoms with Gasteiger partial charge in [-0.3, -0.25) is 4.79 Å². The van der Waals surface area contributed by atoms with E-state index in [1.165, 1.54) is 0 Å². The fourth-order valence-corrected chi connectivity index (χ4v) is 4.11. The van der Waals surface area contributed by atoms with E-state index in [2.05, 4.69) is 16.3 Å². The second-order valence-corrected chi connectivity index (χ2v) is 9.72. The monoisotopic (exact) mass is 478 g/mol. The predicted octanol–water partition coefficient (Wildman–Crippen LogP) is 5.33. The van der Waals surface area contributed by atoms with Gasteiger partial charge in [-0.05, 0) is 69.2 Å².